The minimum atomic E-state index is 0.511. The van der Waals surface area contributed by atoms with Crippen molar-refractivity contribution in [3.05, 3.63) is 113 Å². The number of halogens is 1. The van der Waals surface area contributed by atoms with E-state index in [-0.39, 0.29) is 0 Å². The molecule has 148 valence electrons. The Hall–Kier alpha value is -3.43. The van der Waals surface area contributed by atoms with Crippen LogP contribution in [-0.4, -0.2) is 0 Å². The van der Waals surface area contributed by atoms with Gasteiger partial charge in [-0.15, -0.1) is 0 Å². The van der Waals surface area contributed by atoms with Crippen molar-refractivity contribution in [2.75, 3.05) is 0 Å². The topological polar surface area (TPSA) is 34.0 Å². The second-order valence-corrected chi connectivity index (χ2v) is 7.46. The normalized spacial score (nSPS) is 11.0. The molecule has 4 aromatic rings. The van der Waals surface area contributed by atoms with Crippen LogP contribution in [0.5, 0.6) is 5.75 Å². The number of hydrogen-bond donors (Lipinski definition) is 0. The van der Waals surface area contributed by atoms with Crippen molar-refractivity contribution in [3.8, 4) is 16.9 Å². The van der Waals surface area contributed by atoms with Gasteiger partial charge >= 0.3 is 0 Å². The molecule has 3 nitrogen and oxygen atoms in total. The number of azo groups is 1. The lowest BCUT2D eigenvalue weighted by atomic mass is 10.1. The van der Waals surface area contributed by atoms with Gasteiger partial charge in [0.05, 0.1) is 11.4 Å². The summed E-state index contributed by atoms with van der Waals surface area (Å²) < 4.78 is 5.85. The summed E-state index contributed by atoms with van der Waals surface area (Å²) in [6, 6.07) is 31.8. The minimum absolute atomic E-state index is 0.511. The Balaban J connectivity index is 1.37. The molecule has 0 heterocycles. The van der Waals surface area contributed by atoms with Crippen LogP contribution >= 0.6 is 11.6 Å². The first-order valence-corrected chi connectivity index (χ1v) is 10.1. The van der Waals surface area contributed by atoms with E-state index in [0.717, 1.165) is 38.8 Å². The molecule has 0 spiro atoms. The molecule has 0 fully saturated rings. The van der Waals surface area contributed by atoms with Crippen molar-refractivity contribution in [3.63, 3.8) is 0 Å². The van der Waals surface area contributed by atoms with Gasteiger partial charge in [-0.2, -0.15) is 10.2 Å². The SMILES string of the molecule is Cc1ccc(N=Nc2ccc(-c3ccc(OCc4ccc(Cl)cc4)cc3)cc2)cc1. The predicted octanol–water partition coefficient (Wildman–Crippen LogP) is 8.31. The molecular weight excluding hydrogens is 392 g/mol. The van der Waals surface area contributed by atoms with E-state index in [1.165, 1.54) is 5.56 Å². The number of hydrogen-bond acceptors (Lipinski definition) is 3. The third kappa shape index (κ3) is 5.34. The molecule has 0 bridgehead atoms. The summed E-state index contributed by atoms with van der Waals surface area (Å²) in [5.41, 5.74) is 6.20. The van der Waals surface area contributed by atoms with Crippen LogP contribution in [0.3, 0.4) is 0 Å². The third-order valence-electron chi connectivity index (χ3n) is 4.69. The van der Waals surface area contributed by atoms with Crippen molar-refractivity contribution < 1.29 is 4.74 Å². The van der Waals surface area contributed by atoms with E-state index in [4.69, 9.17) is 16.3 Å². The van der Waals surface area contributed by atoms with E-state index in [2.05, 4.69) is 29.3 Å². The first-order chi connectivity index (χ1) is 14.7. The zero-order chi connectivity index (χ0) is 20.8. The fourth-order valence-corrected chi connectivity index (χ4v) is 3.06. The van der Waals surface area contributed by atoms with Crippen molar-refractivity contribution in [1.82, 2.24) is 0 Å². The Bertz CT molecular complexity index is 1120. The standard InChI is InChI=1S/C26H21ClN2O/c1-19-2-12-24(13-3-19)28-29-25-14-6-21(7-15-25)22-8-16-26(17-9-22)30-18-20-4-10-23(27)11-5-20/h2-17H,18H2,1H3. The van der Waals surface area contributed by atoms with Gasteiger partial charge in [0, 0.05) is 5.02 Å². The molecular formula is C26H21ClN2O. The Morgan fingerprint density at radius 1 is 0.633 bits per heavy atom. The van der Waals surface area contributed by atoms with Crippen molar-refractivity contribution in [1.29, 1.82) is 0 Å². The fourth-order valence-electron chi connectivity index (χ4n) is 2.94. The number of aryl methyl sites for hydroxylation is 1. The highest BCUT2D eigenvalue weighted by atomic mass is 35.5. The summed E-state index contributed by atoms with van der Waals surface area (Å²) in [7, 11) is 0. The zero-order valence-electron chi connectivity index (χ0n) is 16.6. The van der Waals surface area contributed by atoms with Crippen LogP contribution in [0, 0.1) is 6.92 Å². The highest BCUT2D eigenvalue weighted by molar-refractivity contribution is 6.30. The van der Waals surface area contributed by atoms with Gasteiger partial charge in [-0.25, -0.2) is 0 Å². The average molecular weight is 413 g/mol. The predicted molar refractivity (Wildman–Crippen MR) is 123 cm³/mol. The van der Waals surface area contributed by atoms with Crippen LogP contribution in [0.4, 0.5) is 11.4 Å². The van der Waals surface area contributed by atoms with Crippen LogP contribution in [0.25, 0.3) is 11.1 Å². The average Bonchev–Trinajstić information content (AvgIpc) is 2.79. The minimum Gasteiger partial charge on any atom is -0.489 e. The summed E-state index contributed by atoms with van der Waals surface area (Å²) in [5.74, 6) is 0.831. The van der Waals surface area contributed by atoms with Gasteiger partial charge in [-0.3, -0.25) is 0 Å². The van der Waals surface area contributed by atoms with E-state index in [1.807, 2.05) is 84.9 Å². The molecule has 0 amide bonds. The molecule has 0 saturated carbocycles. The first-order valence-electron chi connectivity index (χ1n) is 9.72. The lowest BCUT2D eigenvalue weighted by Crippen LogP contribution is -1.94. The molecule has 0 radical (unpaired) electrons. The van der Waals surface area contributed by atoms with Gasteiger partial charge in [0.15, 0.2) is 0 Å². The van der Waals surface area contributed by atoms with Crippen molar-refractivity contribution in [2.24, 2.45) is 10.2 Å². The maximum absolute atomic E-state index is 5.91. The van der Waals surface area contributed by atoms with Crippen LogP contribution in [0.2, 0.25) is 5.02 Å². The van der Waals surface area contributed by atoms with Gasteiger partial charge in [0.25, 0.3) is 0 Å². The first kappa shape index (κ1) is 19.9. The van der Waals surface area contributed by atoms with E-state index in [9.17, 15) is 0 Å². The molecule has 0 aliphatic rings. The molecule has 0 aliphatic carbocycles. The van der Waals surface area contributed by atoms with Gasteiger partial charge in [0.2, 0.25) is 0 Å². The Morgan fingerprint density at radius 3 is 1.70 bits per heavy atom. The molecule has 30 heavy (non-hydrogen) atoms. The summed E-state index contributed by atoms with van der Waals surface area (Å²) in [4.78, 5) is 0. The van der Waals surface area contributed by atoms with Crippen molar-refractivity contribution >= 4 is 23.0 Å². The number of benzene rings is 4. The van der Waals surface area contributed by atoms with Gasteiger partial charge in [0.1, 0.15) is 12.4 Å². The fraction of sp³-hybridized carbons (Fsp3) is 0.0769. The molecule has 0 aromatic heterocycles. The van der Waals surface area contributed by atoms with Crippen LogP contribution in [0.1, 0.15) is 11.1 Å². The highest BCUT2D eigenvalue weighted by Crippen LogP contribution is 2.26. The van der Waals surface area contributed by atoms with Gasteiger partial charge < -0.3 is 4.74 Å². The summed E-state index contributed by atoms with van der Waals surface area (Å²) in [5, 5.41) is 9.32. The van der Waals surface area contributed by atoms with E-state index >= 15 is 0 Å². The number of rotatable bonds is 6. The molecule has 4 rings (SSSR count). The zero-order valence-corrected chi connectivity index (χ0v) is 17.4. The molecule has 0 unspecified atom stereocenters. The van der Waals surface area contributed by atoms with E-state index in [0.29, 0.717) is 6.61 Å². The smallest absolute Gasteiger partial charge is 0.119 e. The highest BCUT2D eigenvalue weighted by Gasteiger charge is 2.01. The Kier molecular flexibility index (Phi) is 6.21. The van der Waals surface area contributed by atoms with E-state index < -0.39 is 0 Å². The van der Waals surface area contributed by atoms with Crippen LogP contribution in [-0.2, 0) is 6.61 Å². The molecule has 0 saturated heterocycles. The number of ether oxygens (including phenoxy) is 1. The monoisotopic (exact) mass is 412 g/mol. The maximum Gasteiger partial charge on any atom is 0.119 e. The molecule has 0 N–H and O–H groups in total. The summed E-state index contributed by atoms with van der Waals surface area (Å²) in [6.45, 7) is 2.56. The van der Waals surface area contributed by atoms with Crippen LogP contribution < -0.4 is 4.74 Å². The van der Waals surface area contributed by atoms with Gasteiger partial charge in [-0.1, -0.05) is 65.7 Å². The Labute approximate surface area is 181 Å². The lowest BCUT2D eigenvalue weighted by molar-refractivity contribution is 0.306. The second-order valence-electron chi connectivity index (χ2n) is 7.02. The van der Waals surface area contributed by atoms with E-state index in [1.54, 1.807) is 0 Å². The number of nitrogens with zero attached hydrogens (tertiary/aromatic N) is 2. The molecule has 0 atom stereocenters. The summed E-state index contributed by atoms with van der Waals surface area (Å²) >= 11 is 5.91. The molecule has 0 aliphatic heterocycles. The maximum atomic E-state index is 5.91. The lowest BCUT2D eigenvalue weighted by Gasteiger charge is -2.08. The third-order valence-corrected chi connectivity index (χ3v) is 4.94. The summed E-state index contributed by atoms with van der Waals surface area (Å²) in [6.07, 6.45) is 0. The van der Waals surface area contributed by atoms with Gasteiger partial charge in [-0.05, 0) is 72.1 Å². The quantitative estimate of drug-likeness (QED) is 0.293. The molecule has 4 aromatic carbocycles. The van der Waals surface area contributed by atoms with Crippen molar-refractivity contribution in [2.45, 2.75) is 13.5 Å². The second kappa shape index (κ2) is 9.38. The largest absolute Gasteiger partial charge is 0.489 e. The Morgan fingerprint density at radius 2 is 1.13 bits per heavy atom. The molecule has 4 heteroatoms. The van der Waals surface area contributed by atoms with Crippen LogP contribution in [0.15, 0.2) is 107 Å².